The number of benzene rings is 1. The van der Waals surface area contributed by atoms with E-state index in [1.807, 2.05) is 23.1 Å². The van der Waals surface area contributed by atoms with Crippen LogP contribution in [-0.2, 0) is 11.2 Å². The highest BCUT2D eigenvalue weighted by atomic mass is 16.2. The van der Waals surface area contributed by atoms with Gasteiger partial charge in [0.05, 0.1) is 0 Å². The molecule has 0 radical (unpaired) electrons. The van der Waals surface area contributed by atoms with Crippen molar-refractivity contribution in [3.05, 3.63) is 29.3 Å². The highest BCUT2D eigenvalue weighted by molar-refractivity contribution is 5.98. The van der Waals surface area contributed by atoms with E-state index >= 15 is 0 Å². The molecule has 1 saturated heterocycles. The third-order valence-corrected chi connectivity index (χ3v) is 4.73. The van der Waals surface area contributed by atoms with Gasteiger partial charge < -0.3 is 15.1 Å². The molecule has 0 bridgehead atoms. The van der Waals surface area contributed by atoms with Crippen molar-refractivity contribution >= 4 is 17.5 Å². The molecule has 1 N–H and O–H groups in total. The summed E-state index contributed by atoms with van der Waals surface area (Å²) in [6.07, 6.45) is 3.27. The van der Waals surface area contributed by atoms with Gasteiger partial charge in [0.2, 0.25) is 5.91 Å². The molecular weight excluding hydrogens is 278 g/mol. The zero-order valence-corrected chi connectivity index (χ0v) is 13.3. The summed E-state index contributed by atoms with van der Waals surface area (Å²) in [5, 5.41) is 2.85. The van der Waals surface area contributed by atoms with Crippen LogP contribution in [0.25, 0.3) is 0 Å². The van der Waals surface area contributed by atoms with Crippen LogP contribution >= 0.6 is 0 Å². The van der Waals surface area contributed by atoms with Crippen LogP contribution in [0.2, 0.25) is 0 Å². The molecule has 0 atom stereocenters. The van der Waals surface area contributed by atoms with E-state index in [1.165, 1.54) is 0 Å². The lowest BCUT2D eigenvalue weighted by molar-refractivity contribution is -0.116. The Bertz CT molecular complexity index is 590. The van der Waals surface area contributed by atoms with Gasteiger partial charge in [0.1, 0.15) is 0 Å². The minimum atomic E-state index is 0.0531. The summed E-state index contributed by atoms with van der Waals surface area (Å²) in [5.74, 6) is 0.161. The number of fused-ring (bicyclic) bond motifs is 1. The van der Waals surface area contributed by atoms with Crippen LogP contribution in [0, 0.1) is 0 Å². The summed E-state index contributed by atoms with van der Waals surface area (Å²) in [4.78, 5) is 28.2. The Morgan fingerprint density at radius 1 is 1.23 bits per heavy atom. The number of piperidine rings is 1. The van der Waals surface area contributed by atoms with Crippen LogP contribution in [-0.4, -0.2) is 54.8 Å². The van der Waals surface area contributed by atoms with E-state index in [4.69, 9.17) is 0 Å². The number of rotatable bonds is 2. The number of aryl methyl sites for hydroxylation is 1. The number of carbonyl (C=O) groups is 2. The first-order chi connectivity index (χ1) is 10.5. The number of likely N-dealkylation sites (tertiary alicyclic amines) is 1. The van der Waals surface area contributed by atoms with Crippen LogP contribution in [0.15, 0.2) is 18.2 Å². The van der Waals surface area contributed by atoms with Crippen molar-refractivity contribution in [3.63, 3.8) is 0 Å². The first-order valence-electron chi connectivity index (χ1n) is 7.93. The molecule has 118 valence electrons. The Morgan fingerprint density at radius 3 is 2.64 bits per heavy atom. The van der Waals surface area contributed by atoms with E-state index in [1.54, 1.807) is 0 Å². The minimum absolute atomic E-state index is 0.0531. The molecule has 2 aliphatic rings. The molecule has 0 spiro atoms. The van der Waals surface area contributed by atoms with Crippen LogP contribution < -0.4 is 5.32 Å². The molecule has 5 heteroatoms. The van der Waals surface area contributed by atoms with Crippen LogP contribution in [0.5, 0.6) is 0 Å². The van der Waals surface area contributed by atoms with Gasteiger partial charge in [0.25, 0.3) is 5.91 Å². The summed E-state index contributed by atoms with van der Waals surface area (Å²) in [6.45, 7) is 1.63. The quantitative estimate of drug-likeness (QED) is 0.905. The largest absolute Gasteiger partial charge is 0.339 e. The van der Waals surface area contributed by atoms with Crippen molar-refractivity contribution < 1.29 is 9.59 Å². The van der Waals surface area contributed by atoms with Gasteiger partial charge in [-0.05, 0) is 57.1 Å². The van der Waals surface area contributed by atoms with Gasteiger partial charge in [-0.1, -0.05) is 0 Å². The maximum atomic E-state index is 12.7. The topological polar surface area (TPSA) is 52.7 Å². The van der Waals surface area contributed by atoms with E-state index < -0.39 is 0 Å². The third-order valence-electron chi connectivity index (χ3n) is 4.73. The molecule has 1 aromatic carbocycles. The molecule has 2 heterocycles. The Morgan fingerprint density at radius 2 is 1.95 bits per heavy atom. The summed E-state index contributed by atoms with van der Waals surface area (Å²) in [5.41, 5.74) is 2.64. The second kappa shape index (κ2) is 6.08. The van der Waals surface area contributed by atoms with Gasteiger partial charge in [-0.25, -0.2) is 0 Å². The molecule has 1 aromatic rings. The monoisotopic (exact) mass is 301 g/mol. The zero-order chi connectivity index (χ0) is 15.7. The Kier molecular flexibility index (Phi) is 4.16. The minimum Gasteiger partial charge on any atom is -0.339 e. The van der Waals surface area contributed by atoms with Gasteiger partial charge >= 0.3 is 0 Å². The SMILES string of the molecule is CN(C)C1CCN(C(=O)c2ccc3c(c2)CCC(=O)N3)CC1. The van der Waals surface area contributed by atoms with Gasteiger partial charge in [-0.3, -0.25) is 9.59 Å². The Balaban J connectivity index is 1.70. The average molecular weight is 301 g/mol. The molecule has 2 amide bonds. The fourth-order valence-corrected chi connectivity index (χ4v) is 3.28. The Labute approximate surface area is 131 Å². The zero-order valence-electron chi connectivity index (χ0n) is 13.3. The standard InChI is InChI=1S/C17H23N3O2/c1-19(2)14-7-9-20(10-8-14)17(22)13-3-5-15-12(11-13)4-6-16(21)18-15/h3,5,11,14H,4,6-10H2,1-2H3,(H,18,21). The second-order valence-electron chi connectivity index (χ2n) is 6.41. The summed E-state index contributed by atoms with van der Waals surface area (Å²) >= 11 is 0. The van der Waals surface area contributed by atoms with Crippen LogP contribution in [0.1, 0.15) is 35.2 Å². The summed E-state index contributed by atoms with van der Waals surface area (Å²) < 4.78 is 0. The molecule has 2 aliphatic heterocycles. The lowest BCUT2D eigenvalue weighted by Gasteiger charge is -2.35. The van der Waals surface area contributed by atoms with Crippen molar-refractivity contribution in [1.29, 1.82) is 0 Å². The number of nitrogens with one attached hydrogen (secondary N) is 1. The van der Waals surface area contributed by atoms with E-state index in [2.05, 4.69) is 24.3 Å². The number of amides is 2. The van der Waals surface area contributed by atoms with Gasteiger partial charge in [-0.2, -0.15) is 0 Å². The molecule has 3 rings (SSSR count). The lowest BCUT2D eigenvalue weighted by Crippen LogP contribution is -2.44. The number of nitrogens with zero attached hydrogens (tertiary/aromatic N) is 2. The lowest BCUT2D eigenvalue weighted by atomic mass is 9.98. The van der Waals surface area contributed by atoms with Crippen molar-refractivity contribution in [2.24, 2.45) is 0 Å². The first kappa shape index (κ1) is 15.0. The molecule has 0 unspecified atom stereocenters. The average Bonchev–Trinajstić information content (AvgIpc) is 2.53. The van der Waals surface area contributed by atoms with E-state index in [9.17, 15) is 9.59 Å². The highest BCUT2D eigenvalue weighted by Gasteiger charge is 2.25. The molecule has 1 fully saturated rings. The number of carbonyl (C=O) groups excluding carboxylic acids is 2. The van der Waals surface area contributed by atoms with Crippen LogP contribution in [0.3, 0.4) is 0 Å². The maximum Gasteiger partial charge on any atom is 0.253 e. The molecule has 5 nitrogen and oxygen atoms in total. The molecule has 22 heavy (non-hydrogen) atoms. The van der Waals surface area contributed by atoms with Gasteiger partial charge in [-0.15, -0.1) is 0 Å². The van der Waals surface area contributed by atoms with Gasteiger partial charge in [0.15, 0.2) is 0 Å². The second-order valence-corrected chi connectivity index (χ2v) is 6.41. The van der Waals surface area contributed by atoms with Crippen molar-refractivity contribution in [3.8, 4) is 0 Å². The predicted octanol–water partition coefficient (Wildman–Crippen LogP) is 1.74. The van der Waals surface area contributed by atoms with Crippen LogP contribution in [0.4, 0.5) is 5.69 Å². The number of hydrogen-bond acceptors (Lipinski definition) is 3. The number of anilines is 1. The maximum absolute atomic E-state index is 12.7. The smallest absolute Gasteiger partial charge is 0.253 e. The molecule has 0 aromatic heterocycles. The fraction of sp³-hybridized carbons (Fsp3) is 0.529. The van der Waals surface area contributed by atoms with E-state index in [-0.39, 0.29) is 11.8 Å². The van der Waals surface area contributed by atoms with Gasteiger partial charge in [0, 0.05) is 36.8 Å². The first-order valence-corrected chi connectivity index (χ1v) is 7.93. The highest BCUT2D eigenvalue weighted by Crippen LogP contribution is 2.25. The fourth-order valence-electron chi connectivity index (χ4n) is 3.28. The molecule has 0 aliphatic carbocycles. The van der Waals surface area contributed by atoms with Crippen molar-refractivity contribution in [2.75, 3.05) is 32.5 Å². The van der Waals surface area contributed by atoms with E-state index in [0.29, 0.717) is 18.9 Å². The molecular formula is C17H23N3O2. The van der Waals surface area contributed by atoms with E-state index in [0.717, 1.165) is 42.7 Å². The predicted molar refractivity (Wildman–Crippen MR) is 86.0 cm³/mol. The number of hydrogen-bond donors (Lipinski definition) is 1. The molecule has 0 saturated carbocycles. The normalized spacial score (nSPS) is 19.0. The van der Waals surface area contributed by atoms with Crippen molar-refractivity contribution in [2.45, 2.75) is 31.7 Å². The summed E-state index contributed by atoms with van der Waals surface area (Å²) in [6, 6.07) is 6.19. The third kappa shape index (κ3) is 2.99. The Hall–Kier alpha value is -1.88. The van der Waals surface area contributed by atoms with Crippen molar-refractivity contribution in [1.82, 2.24) is 9.80 Å². The summed E-state index contributed by atoms with van der Waals surface area (Å²) in [7, 11) is 4.19.